The van der Waals surface area contributed by atoms with Crippen LogP contribution in [-0.4, -0.2) is 16.6 Å². The highest BCUT2D eigenvalue weighted by molar-refractivity contribution is 9.10. The van der Waals surface area contributed by atoms with E-state index in [0.717, 1.165) is 22.2 Å². The lowest BCUT2D eigenvalue weighted by molar-refractivity contribution is 0.108. The molecule has 1 aromatic heterocycles. The van der Waals surface area contributed by atoms with Crippen molar-refractivity contribution in [2.75, 3.05) is 6.61 Å². The van der Waals surface area contributed by atoms with Crippen LogP contribution in [0.5, 0.6) is 0 Å². The van der Waals surface area contributed by atoms with E-state index in [0.29, 0.717) is 29.2 Å². The number of halogens is 2. The van der Waals surface area contributed by atoms with Crippen LogP contribution in [0.2, 0.25) is 0 Å². The quantitative estimate of drug-likeness (QED) is 0.803. The topological polar surface area (TPSA) is 37.9 Å². The Morgan fingerprint density at radius 2 is 2.26 bits per heavy atom. The second-order valence-electron chi connectivity index (χ2n) is 4.27. The Balaban J connectivity index is 2.18. The number of rotatable bonds is 1. The van der Waals surface area contributed by atoms with E-state index in [2.05, 4.69) is 25.9 Å². The van der Waals surface area contributed by atoms with Crippen molar-refractivity contribution in [2.24, 2.45) is 0 Å². The standard InChI is InChI=1S/C13H10BrFN2OS/c14-10-2-1-7(15)5-8(10)12-16-11-3-4-18-6-9(11)13(19)17-12/h1-2,5H,3-4,6H2,(H,16,17,19). The van der Waals surface area contributed by atoms with E-state index in [1.807, 2.05) is 0 Å². The summed E-state index contributed by atoms with van der Waals surface area (Å²) in [7, 11) is 0. The number of H-pyrrole nitrogens is 1. The summed E-state index contributed by atoms with van der Waals surface area (Å²) < 4.78 is 20.0. The normalized spacial score (nSPS) is 14.2. The molecule has 0 bridgehead atoms. The zero-order chi connectivity index (χ0) is 13.4. The molecule has 0 atom stereocenters. The first-order valence-corrected chi connectivity index (χ1v) is 7.00. The van der Waals surface area contributed by atoms with Gasteiger partial charge >= 0.3 is 0 Å². The minimum absolute atomic E-state index is 0.305. The monoisotopic (exact) mass is 340 g/mol. The minimum atomic E-state index is -0.305. The fourth-order valence-corrected chi connectivity index (χ4v) is 2.77. The van der Waals surface area contributed by atoms with Gasteiger partial charge in [-0.25, -0.2) is 9.37 Å². The van der Waals surface area contributed by atoms with E-state index in [9.17, 15) is 4.39 Å². The third-order valence-corrected chi connectivity index (χ3v) is 4.06. The molecule has 98 valence electrons. The zero-order valence-corrected chi connectivity index (χ0v) is 12.3. The van der Waals surface area contributed by atoms with Crippen LogP contribution in [0.1, 0.15) is 11.3 Å². The summed E-state index contributed by atoms with van der Waals surface area (Å²) in [6.45, 7) is 1.15. The van der Waals surface area contributed by atoms with E-state index >= 15 is 0 Å². The van der Waals surface area contributed by atoms with Gasteiger partial charge in [0.1, 0.15) is 16.3 Å². The molecule has 2 aromatic rings. The first-order valence-electron chi connectivity index (χ1n) is 5.80. The van der Waals surface area contributed by atoms with Crippen molar-refractivity contribution in [3.05, 3.63) is 44.4 Å². The lowest BCUT2D eigenvalue weighted by Gasteiger charge is -2.17. The van der Waals surface area contributed by atoms with Crippen molar-refractivity contribution in [3.63, 3.8) is 0 Å². The molecule has 3 rings (SSSR count). The predicted molar refractivity (Wildman–Crippen MR) is 75.9 cm³/mol. The van der Waals surface area contributed by atoms with Crippen LogP contribution >= 0.6 is 28.1 Å². The van der Waals surface area contributed by atoms with Crippen molar-refractivity contribution in [1.82, 2.24) is 9.97 Å². The molecular weight excluding hydrogens is 331 g/mol. The maximum Gasteiger partial charge on any atom is 0.140 e. The summed E-state index contributed by atoms with van der Waals surface area (Å²) in [4.78, 5) is 7.58. The molecule has 2 heterocycles. The molecule has 1 aliphatic rings. The van der Waals surface area contributed by atoms with E-state index in [1.165, 1.54) is 12.1 Å². The number of ether oxygens (including phenoxy) is 1. The molecule has 0 amide bonds. The molecule has 1 aromatic carbocycles. The summed E-state index contributed by atoms with van der Waals surface area (Å²) in [6, 6.07) is 4.49. The number of fused-ring (bicyclic) bond motifs is 1. The third-order valence-electron chi connectivity index (χ3n) is 3.03. The number of hydrogen-bond donors (Lipinski definition) is 1. The SMILES string of the molecule is Fc1ccc(Br)c(-c2nc(=S)c3c([nH]2)CCOC3)c1. The van der Waals surface area contributed by atoms with Gasteiger partial charge in [0.2, 0.25) is 0 Å². The van der Waals surface area contributed by atoms with Gasteiger partial charge in [0, 0.05) is 27.7 Å². The maximum atomic E-state index is 13.4. The van der Waals surface area contributed by atoms with E-state index in [4.69, 9.17) is 17.0 Å². The van der Waals surface area contributed by atoms with E-state index < -0.39 is 0 Å². The molecule has 0 saturated heterocycles. The van der Waals surface area contributed by atoms with Crippen LogP contribution in [0.15, 0.2) is 22.7 Å². The Bertz CT molecular complexity index is 702. The van der Waals surface area contributed by atoms with Crippen LogP contribution in [0.4, 0.5) is 4.39 Å². The van der Waals surface area contributed by atoms with E-state index in [-0.39, 0.29) is 5.82 Å². The van der Waals surface area contributed by atoms with Gasteiger partial charge in [-0.05, 0) is 18.2 Å². The zero-order valence-electron chi connectivity index (χ0n) is 9.87. The average Bonchev–Trinajstić information content (AvgIpc) is 2.41. The van der Waals surface area contributed by atoms with Gasteiger partial charge in [-0.2, -0.15) is 0 Å². The Labute approximate surface area is 123 Å². The van der Waals surface area contributed by atoms with E-state index in [1.54, 1.807) is 6.07 Å². The number of nitrogens with one attached hydrogen (secondary N) is 1. The van der Waals surface area contributed by atoms with Crippen molar-refractivity contribution in [2.45, 2.75) is 13.0 Å². The molecule has 0 unspecified atom stereocenters. The molecule has 0 saturated carbocycles. The largest absolute Gasteiger partial charge is 0.376 e. The summed E-state index contributed by atoms with van der Waals surface area (Å²) in [5.41, 5.74) is 2.62. The molecule has 0 aliphatic carbocycles. The second-order valence-corrected chi connectivity index (χ2v) is 5.52. The van der Waals surface area contributed by atoms with Crippen molar-refractivity contribution < 1.29 is 9.13 Å². The van der Waals surface area contributed by atoms with Crippen LogP contribution < -0.4 is 0 Å². The highest BCUT2D eigenvalue weighted by atomic mass is 79.9. The minimum Gasteiger partial charge on any atom is -0.376 e. The number of aromatic amines is 1. The Morgan fingerprint density at radius 1 is 1.42 bits per heavy atom. The predicted octanol–water partition coefficient (Wildman–Crippen LogP) is 3.78. The summed E-state index contributed by atoms with van der Waals surface area (Å²) in [5, 5.41) is 0. The van der Waals surface area contributed by atoms with Crippen LogP contribution in [0.3, 0.4) is 0 Å². The lowest BCUT2D eigenvalue weighted by atomic mass is 10.1. The Kier molecular flexibility index (Phi) is 3.47. The fraction of sp³-hybridized carbons (Fsp3) is 0.231. The van der Waals surface area contributed by atoms with Gasteiger partial charge in [0.15, 0.2) is 0 Å². The van der Waals surface area contributed by atoms with Gasteiger partial charge < -0.3 is 9.72 Å². The third kappa shape index (κ3) is 2.48. The smallest absolute Gasteiger partial charge is 0.140 e. The van der Waals surface area contributed by atoms with Gasteiger partial charge in [0.25, 0.3) is 0 Å². The van der Waals surface area contributed by atoms with Gasteiger partial charge in [-0.1, -0.05) is 28.1 Å². The first kappa shape index (κ1) is 12.9. The average molecular weight is 341 g/mol. The molecule has 0 spiro atoms. The number of benzene rings is 1. The number of nitrogens with zero attached hydrogens (tertiary/aromatic N) is 1. The maximum absolute atomic E-state index is 13.4. The van der Waals surface area contributed by atoms with Crippen LogP contribution in [0, 0.1) is 10.5 Å². The highest BCUT2D eigenvalue weighted by Crippen LogP contribution is 2.28. The number of hydrogen-bond acceptors (Lipinski definition) is 3. The molecular formula is C13H10BrFN2OS. The van der Waals surface area contributed by atoms with Crippen LogP contribution in [-0.2, 0) is 17.8 Å². The number of aromatic nitrogens is 2. The van der Waals surface area contributed by atoms with Crippen molar-refractivity contribution >= 4 is 28.1 Å². The molecule has 1 aliphatic heterocycles. The van der Waals surface area contributed by atoms with Gasteiger partial charge in [-0.3, -0.25) is 0 Å². The summed E-state index contributed by atoms with van der Waals surface area (Å²) in [6.07, 6.45) is 0.765. The lowest BCUT2D eigenvalue weighted by Crippen LogP contribution is -2.14. The molecule has 1 N–H and O–H groups in total. The fourth-order valence-electron chi connectivity index (χ4n) is 2.06. The highest BCUT2D eigenvalue weighted by Gasteiger charge is 2.15. The molecule has 0 fully saturated rings. The summed E-state index contributed by atoms with van der Waals surface area (Å²) >= 11 is 8.68. The van der Waals surface area contributed by atoms with Gasteiger partial charge in [0.05, 0.1) is 13.2 Å². The van der Waals surface area contributed by atoms with Gasteiger partial charge in [-0.15, -0.1) is 0 Å². The van der Waals surface area contributed by atoms with Crippen LogP contribution in [0.25, 0.3) is 11.4 Å². The summed E-state index contributed by atoms with van der Waals surface area (Å²) in [5.74, 6) is 0.275. The first-order chi connectivity index (χ1) is 9.15. The van der Waals surface area contributed by atoms with Crippen molar-refractivity contribution in [3.8, 4) is 11.4 Å². The molecule has 3 nitrogen and oxygen atoms in total. The molecule has 6 heteroatoms. The Morgan fingerprint density at radius 3 is 3.11 bits per heavy atom. The molecule has 0 radical (unpaired) electrons. The molecule has 19 heavy (non-hydrogen) atoms. The Hall–Kier alpha value is -1.11. The van der Waals surface area contributed by atoms with Crippen molar-refractivity contribution in [1.29, 1.82) is 0 Å². The second kappa shape index (κ2) is 5.11.